The van der Waals surface area contributed by atoms with Crippen molar-refractivity contribution in [2.24, 2.45) is 5.73 Å². The maximum Gasteiger partial charge on any atom is 0.416 e. The van der Waals surface area contributed by atoms with Crippen LogP contribution >= 0.6 is 24.0 Å². The number of aliphatic hydroxyl groups excluding tert-OH is 1. The maximum absolute atomic E-state index is 13.2. The lowest BCUT2D eigenvalue weighted by molar-refractivity contribution is -0.210. The zero-order valence-corrected chi connectivity index (χ0v) is 10.1. The quantitative estimate of drug-likeness (QED) is 0.825. The molecule has 0 amide bonds. The van der Waals surface area contributed by atoms with Gasteiger partial charge < -0.3 is 10.8 Å². The average Bonchev–Trinajstić information content (AvgIpc) is 2.13. The first-order valence-corrected chi connectivity index (χ1v) is 4.67. The van der Waals surface area contributed by atoms with Gasteiger partial charge in [-0.25, -0.2) is 8.78 Å². The van der Waals surface area contributed by atoms with E-state index in [1.165, 1.54) is 0 Å². The van der Waals surface area contributed by atoms with Crippen LogP contribution in [0.5, 0.6) is 0 Å². The summed E-state index contributed by atoms with van der Waals surface area (Å²) in [5.41, 5.74) is 3.93. The Balaban J connectivity index is 0.00000289. The van der Waals surface area contributed by atoms with Crippen molar-refractivity contribution in [3.63, 3.8) is 0 Å². The lowest BCUT2D eigenvalue weighted by Gasteiger charge is -2.22. The molecule has 0 unspecified atom stereocenters. The smallest absolute Gasteiger partial charge is 0.382 e. The Kier molecular flexibility index (Phi) is 5.80. The van der Waals surface area contributed by atoms with Crippen LogP contribution in [0, 0.1) is 11.6 Å². The van der Waals surface area contributed by atoms with Crippen molar-refractivity contribution in [1.82, 2.24) is 0 Å². The summed E-state index contributed by atoms with van der Waals surface area (Å²) in [6, 6.07) is -1.03. The number of hydrogen-bond acceptors (Lipinski definition) is 2. The molecule has 18 heavy (non-hydrogen) atoms. The number of hydrogen-bond donors (Lipinski definition) is 2. The van der Waals surface area contributed by atoms with Crippen LogP contribution < -0.4 is 5.73 Å². The normalized spacial score (nSPS) is 14.9. The molecule has 0 bridgehead atoms. The third-order valence-electron chi connectivity index (χ3n) is 2.05. The Bertz CT molecular complexity index is 403. The molecule has 0 aliphatic rings. The van der Waals surface area contributed by atoms with Gasteiger partial charge in [-0.15, -0.1) is 12.4 Å². The standard InChI is InChI=1S/C9H7ClF5NO.ClH/c10-3-1-4(11)6(5(12)2-3)7(16)8(17)9(13,14)15;/h1-2,7-8,17H,16H2;1H/t7-,8-;/m1./s1. The van der Waals surface area contributed by atoms with E-state index < -0.39 is 35.5 Å². The van der Waals surface area contributed by atoms with Gasteiger partial charge in [0.05, 0.1) is 6.04 Å². The molecule has 0 aliphatic heterocycles. The van der Waals surface area contributed by atoms with Crippen molar-refractivity contribution in [1.29, 1.82) is 0 Å². The second kappa shape index (κ2) is 6.01. The topological polar surface area (TPSA) is 46.2 Å². The Labute approximate surface area is 110 Å². The molecule has 0 radical (unpaired) electrons. The average molecular weight is 312 g/mol. The van der Waals surface area contributed by atoms with Crippen LogP contribution in [0.3, 0.4) is 0 Å². The molecule has 1 aromatic rings. The number of alkyl halides is 3. The van der Waals surface area contributed by atoms with Crippen molar-refractivity contribution in [2.75, 3.05) is 0 Å². The highest BCUT2D eigenvalue weighted by Crippen LogP contribution is 2.32. The molecule has 1 rings (SSSR count). The highest BCUT2D eigenvalue weighted by Gasteiger charge is 2.44. The molecule has 0 heterocycles. The predicted octanol–water partition coefficient (Wildman–Crippen LogP) is 2.96. The van der Waals surface area contributed by atoms with E-state index in [4.69, 9.17) is 22.4 Å². The Morgan fingerprint density at radius 2 is 1.56 bits per heavy atom. The zero-order chi connectivity index (χ0) is 13.4. The van der Waals surface area contributed by atoms with E-state index in [1.54, 1.807) is 0 Å². The fraction of sp³-hybridized carbons (Fsp3) is 0.333. The van der Waals surface area contributed by atoms with E-state index in [0.717, 1.165) is 0 Å². The molecule has 0 spiro atoms. The van der Waals surface area contributed by atoms with Gasteiger partial charge in [0, 0.05) is 10.6 Å². The largest absolute Gasteiger partial charge is 0.416 e. The van der Waals surface area contributed by atoms with Crippen LogP contribution in [0.15, 0.2) is 12.1 Å². The van der Waals surface area contributed by atoms with Crippen molar-refractivity contribution in [3.05, 3.63) is 34.4 Å². The number of nitrogens with two attached hydrogens (primary N) is 1. The minimum Gasteiger partial charge on any atom is -0.382 e. The van der Waals surface area contributed by atoms with Crippen LogP contribution in [0.2, 0.25) is 5.02 Å². The molecule has 104 valence electrons. The Morgan fingerprint density at radius 3 is 1.89 bits per heavy atom. The van der Waals surface area contributed by atoms with E-state index in [2.05, 4.69) is 0 Å². The van der Waals surface area contributed by atoms with Crippen molar-refractivity contribution < 1.29 is 27.1 Å². The molecule has 0 saturated carbocycles. The van der Waals surface area contributed by atoms with Crippen LogP contribution in [-0.2, 0) is 0 Å². The molecule has 0 fully saturated rings. The van der Waals surface area contributed by atoms with Gasteiger partial charge in [0.1, 0.15) is 11.6 Å². The SMILES string of the molecule is Cl.N[C@H](c1c(F)cc(Cl)cc1F)[C@@H](O)C(F)(F)F. The predicted molar refractivity (Wildman–Crippen MR) is 57.6 cm³/mol. The van der Waals surface area contributed by atoms with Crippen molar-refractivity contribution in [3.8, 4) is 0 Å². The second-order valence-electron chi connectivity index (χ2n) is 3.30. The highest BCUT2D eigenvalue weighted by molar-refractivity contribution is 6.30. The van der Waals surface area contributed by atoms with Gasteiger partial charge in [-0.1, -0.05) is 11.6 Å². The summed E-state index contributed by atoms with van der Waals surface area (Å²) in [6.45, 7) is 0. The molecule has 1 aromatic carbocycles. The first-order chi connectivity index (χ1) is 7.64. The molecular formula is C9H8Cl2F5NO. The summed E-state index contributed by atoms with van der Waals surface area (Å²) in [6.07, 6.45) is -8.13. The number of benzene rings is 1. The first-order valence-electron chi connectivity index (χ1n) is 4.29. The third-order valence-corrected chi connectivity index (χ3v) is 2.27. The molecule has 3 N–H and O–H groups in total. The van der Waals surface area contributed by atoms with E-state index in [1.807, 2.05) is 0 Å². The van der Waals surface area contributed by atoms with E-state index >= 15 is 0 Å². The van der Waals surface area contributed by atoms with E-state index in [-0.39, 0.29) is 17.4 Å². The molecule has 2 atom stereocenters. The summed E-state index contributed by atoms with van der Waals surface area (Å²) < 4.78 is 62.8. The number of halogens is 7. The van der Waals surface area contributed by atoms with Gasteiger partial charge in [0.15, 0.2) is 6.10 Å². The van der Waals surface area contributed by atoms with Crippen LogP contribution in [0.1, 0.15) is 11.6 Å². The van der Waals surface area contributed by atoms with E-state index in [0.29, 0.717) is 12.1 Å². The Morgan fingerprint density at radius 1 is 1.17 bits per heavy atom. The fourth-order valence-corrected chi connectivity index (χ4v) is 1.42. The molecule has 0 saturated heterocycles. The van der Waals surface area contributed by atoms with Gasteiger partial charge in [-0.3, -0.25) is 0 Å². The fourth-order valence-electron chi connectivity index (χ4n) is 1.23. The van der Waals surface area contributed by atoms with Crippen LogP contribution in [0.4, 0.5) is 22.0 Å². The summed E-state index contributed by atoms with van der Waals surface area (Å²) >= 11 is 5.29. The first kappa shape index (κ1) is 17.4. The third kappa shape index (κ3) is 3.68. The minimum atomic E-state index is -5.07. The van der Waals surface area contributed by atoms with Crippen molar-refractivity contribution >= 4 is 24.0 Å². The summed E-state index contributed by atoms with van der Waals surface area (Å²) in [7, 11) is 0. The highest BCUT2D eigenvalue weighted by atomic mass is 35.5. The second-order valence-corrected chi connectivity index (χ2v) is 3.73. The van der Waals surface area contributed by atoms with Gasteiger partial charge in [0.25, 0.3) is 0 Å². The number of rotatable bonds is 2. The summed E-state index contributed by atoms with van der Waals surface area (Å²) in [5.74, 6) is -2.68. The molecule has 9 heteroatoms. The van der Waals surface area contributed by atoms with Crippen molar-refractivity contribution in [2.45, 2.75) is 18.3 Å². The van der Waals surface area contributed by atoms with Crippen LogP contribution in [-0.4, -0.2) is 17.4 Å². The lowest BCUT2D eigenvalue weighted by atomic mass is 10.0. The van der Waals surface area contributed by atoms with E-state index in [9.17, 15) is 22.0 Å². The summed E-state index contributed by atoms with van der Waals surface area (Å²) in [4.78, 5) is 0. The number of aliphatic hydroxyl groups is 1. The maximum atomic E-state index is 13.2. The molecule has 0 aromatic heterocycles. The molecule has 0 aliphatic carbocycles. The molecular weight excluding hydrogens is 304 g/mol. The van der Waals surface area contributed by atoms with Gasteiger partial charge in [-0.05, 0) is 12.1 Å². The minimum absolute atomic E-state index is 0. The lowest BCUT2D eigenvalue weighted by Crippen LogP contribution is -2.39. The molecule has 2 nitrogen and oxygen atoms in total. The Hall–Kier alpha value is -0.630. The van der Waals surface area contributed by atoms with Crippen LogP contribution in [0.25, 0.3) is 0 Å². The van der Waals surface area contributed by atoms with Gasteiger partial charge in [-0.2, -0.15) is 13.2 Å². The van der Waals surface area contributed by atoms with Gasteiger partial charge >= 0.3 is 6.18 Å². The monoisotopic (exact) mass is 311 g/mol. The van der Waals surface area contributed by atoms with Gasteiger partial charge in [0.2, 0.25) is 0 Å². The summed E-state index contributed by atoms with van der Waals surface area (Å²) in [5, 5.41) is 8.49. The zero-order valence-electron chi connectivity index (χ0n) is 8.51.